The molecule has 3 aliphatic rings. The van der Waals surface area contributed by atoms with Gasteiger partial charge in [-0.05, 0) is 50.5 Å². The van der Waals surface area contributed by atoms with Crippen LogP contribution in [0.25, 0.3) is 0 Å². The van der Waals surface area contributed by atoms with E-state index in [0.29, 0.717) is 12.0 Å². The van der Waals surface area contributed by atoms with E-state index < -0.39 is 0 Å². The highest BCUT2D eigenvalue weighted by molar-refractivity contribution is 5.06. The van der Waals surface area contributed by atoms with Crippen LogP contribution in [-0.2, 0) is 0 Å². The highest BCUT2D eigenvalue weighted by atomic mass is 16.5. The Bertz CT molecular complexity index is 424. The Kier molecular flexibility index (Phi) is 2.64. The van der Waals surface area contributed by atoms with E-state index >= 15 is 0 Å². The van der Waals surface area contributed by atoms with Crippen LogP contribution in [0.15, 0.2) is 4.52 Å². The summed E-state index contributed by atoms with van der Waals surface area (Å²) in [5.41, 5.74) is 0. The summed E-state index contributed by atoms with van der Waals surface area (Å²) in [6.45, 7) is 1.09. The molecule has 2 saturated carbocycles. The van der Waals surface area contributed by atoms with Crippen LogP contribution >= 0.6 is 0 Å². The molecule has 0 amide bonds. The molecule has 3 fully saturated rings. The fourth-order valence-corrected chi connectivity index (χ4v) is 4.16. The van der Waals surface area contributed by atoms with Crippen molar-refractivity contribution in [2.45, 2.75) is 56.9 Å². The third kappa shape index (κ3) is 1.78. The Morgan fingerprint density at radius 2 is 2.11 bits per heavy atom. The smallest absolute Gasteiger partial charge is 0.230 e. The van der Waals surface area contributed by atoms with E-state index in [9.17, 15) is 0 Å². The molecule has 0 spiro atoms. The molecule has 2 bridgehead atoms. The second-order valence-corrected chi connectivity index (χ2v) is 6.27. The number of rotatable bonds is 2. The largest absolute Gasteiger partial charge is 0.339 e. The van der Waals surface area contributed by atoms with Gasteiger partial charge < -0.3 is 9.84 Å². The van der Waals surface area contributed by atoms with Gasteiger partial charge in [-0.1, -0.05) is 18.0 Å². The van der Waals surface area contributed by atoms with Crippen LogP contribution in [0.5, 0.6) is 0 Å². The van der Waals surface area contributed by atoms with Crippen molar-refractivity contribution in [3.63, 3.8) is 0 Å². The van der Waals surface area contributed by atoms with E-state index in [1.54, 1.807) is 0 Å². The number of hydrogen-bond acceptors (Lipinski definition) is 4. The van der Waals surface area contributed by atoms with Gasteiger partial charge in [-0.25, -0.2) is 0 Å². The zero-order chi connectivity index (χ0) is 11.9. The fourth-order valence-electron chi connectivity index (χ4n) is 4.16. The normalized spacial score (nSPS) is 39.3. The molecule has 2 aliphatic carbocycles. The van der Waals surface area contributed by atoms with Crippen LogP contribution in [0.1, 0.15) is 68.6 Å². The standard InChI is InChI=1S/C14H21N3O/c1-2-6-15-12(3-1)13-16-14(18-17-13)11-8-9-4-5-10(11)7-9/h9-12,15H,1-8H2. The van der Waals surface area contributed by atoms with Crippen molar-refractivity contribution in [2.75, 3.05) is 6.54 Å². The first-order valence-corrected chi connectivity index (χ1v) is 7.47. The van der Waals surface area contributed by atoms with E-state index in [4.69, 9.17) is 9.51 Å². The highest BCUT2D eigenvalue weighted by Gasteiger charge is 2.43. The minimum atomic E-state index is 0.329. The lowest BCUT2D eigenvalue weighted by atomic mass is 9.89. The van der Waals surface area contributed by atoms with Gasteiger partial charge in [-0.15, -0.1) is 0 Å². The summed E-state index contributed by atoms with van der Waals surface area (Å²) in [6.07, 6.45) is 9.16. The minimum absolute atomic E-state index is 0.329. The number of hydrogen-bond donors (Lipinski definition) is 1. The lowest BCUT2D eigenvalue weighted by molar-refractivity contribution is 0.297. The number of nitrogens with zero attached hydrogens (tertiary/aromatic N) is 2. The molecule has 4 heteroatoms. The molecule has 4 nitrogen and oxygen atoms in total. The number of nitrogens with one attached hydrogen (secondary N) is 1. The average Bonchev–Trinajstić information content (AvgIpc) is 3.15. The van der Waals surface area contributed by atoms with Gasteiger partial charge in [-0.2, -0.15) is 4.98 Å². The zero-order valence-electron chi connectivity index (χ0n) is 10.8. The van der Waals surface area contributed by atoms with Gasteiger partial charge >= 0.3 is 0 Å². The van der Waals surface area contributed by atoms with Gasteiger partial charge in [-0.3, -0.25) is 0 Å². The molecule has 4 rings (SSSR count). The highest BCUT2D eigenvalue weighted by Crippen LogP contribution is 2.52. The van der Waals surface area contributed by atoms with Crippen LogP contribution < -0.4 is 5.32 Å². The van der Waals surface area contributed by atoms with Crippen molar-refractivity contribution in [1.82, 2.24) is 15.5 Å². The SMILES string of the molecule is C1CCC(c2noc(C3CC4CCC3C4)n2)NC1. The third-order valence-electron chi connectivity index (χ3n) is 5.13. The van der Waals surface area contributed by atoms with Crippen LogP contribution in [-0.4, -0.2) is 16.7 Å². The first kappa shape index (κ1) is 11.0. The molecule has 1 saturated heterocycles. The maximum Gasteiger partial charge on any atom is 0.230 e. The third-order valence-corrected chi connectivity index (χ3v) is 5.13. The number of piperidine rings is 1. The van der Waals surface area contributed by atoms with Crippen molar-refractivity contribution >= 4 is 0 Å². The molecule has 0 aromatic carbocycles. The van der Waals surface area contributed by atoms with Gasteiger partial charge in [0.1, 0.15) is 0 Å². The first-order valence-electron chi connectivity index (χ1n) is 7.47. The second kappa shape index (κ2) is 4.34. The maximum atomic E-state index is 5.55. The molecule has 1 aliphatic heterocycles. The molecule has 0 radical (unpaired) electrons. The number of fused-ring (bicyclic) bond motifs is 2. The van der Waals surface area contributed by atoms with Crippen LogP contribution in [0.4, 0.5) is 0 Å². The van der Waals surface area contributed by atoms with Gasteiger partial charge in [0.2, 0.25) is 5.89 Å². The number of aromatic nitrogens is 2. The van der Waals surface area contributed by atoms with Crippen molar-refractivity contribution < 1.29 is 4.52 Å². The fraction of sp³-hybridized carbons (Fsp3) is 0.857. The Morgan fingerprint density at radius 3 is 2.83 bits per heavy atom. The molecule has 1 N–H and O–H groups in total. The van der Waals surface area contributed by atoms with Crippen molar-refractivity contribution in [3.05, 3.63) is 11.7 Å². The summed E-state index contributed by atoms with van der Waals surface area (Å²) in [4.78, 5) is 4.69. The Morgan fingerprint density at radius 1 is 1.11 bits per heavy atom. The molecule has 1 aromatic heterocycles. The molecule has 4 atom stereocenters. The topological polar surface area (TPSA) is 51.0 Å². The van der Waals surface area contributed by atoms with Gasteiger partial charge in [0.25, 0.3) is 0 Å². The lowest BCUT2D eigenvalue weighted by Crippen LogP contribution is -2.27. The van der Waals surface area contributed by atoms with Crippen LogP contribution in [0, 0.1) is 11.8 Å². The predicted octanol–water partition coefficient (Wildman–Crippen LogP) is 2.79. The molecular formula is C14H21N3O. The molecule has 98 valence electrons. The second-order valence-electron chi connectivity index (χ2n) is 6.27. The Labute approximate surface area is 108 Å². The van der Waals surface area contributed by atoms with E-state index in [2.05, 4.69) is 10.5 Å². The monoisotopic (exact) mass is 247 g/mol. The average molecular weight is 247 g/mol. The summed E-state index contributed by atoms with van der Waals surface area (Å²) >= 11 is 0. The Balaban J connectivity index is 1.51. The van der Waals surface area contributed by atoms with Crippen LogP contribution in [0.3, 0.4) is 0 Å². The predicted molar refractivity (Wildman–Crippen MR) is 67.1 cm³/mol. The van der Waals surface area contributed by atoms with Crippen molar-refractivity contribution in [1.29, 1.82) is 0 Å². The Hall–Kier alpha value is -0.900. The first-order chi connectivity index (χ1) is 8.90. The minimum Gasteiger partial charge on any atom is -0.339 e. The van der Waals surface area contributed by atoms with E-state index in [0.717, 1.165) is 36.5 Å². The van der Waals surface area contributed by atoms with Gasteiger partial charge in [0.15, 0.2) is 5.82 Å². The van der Waals surface area contributed by atoms with E-state index in [1.165, 1.54) is 38.5 Å². The van der Waals surface area contributed by atoms with Gasteiger partial charge in [0.05, 0.1) is 6.04 Å². The molecule has 18 heavy (non-hydrogen) atoms. The van der Waals surface area contributed by atoms with Crippen molar-refractivity contribution in [3.8, 4) is 0 Å². The van der Waals surface area contributed by atoms with Crippen LogP contribution in [0.2, 0.25) is 0 Å². The summed E-state index contributed by atoms with van der Waals surface area (Å²) < 4.78 is 5.55. The summed E-state index contributed by atoms with van der Waals surface area (Å²) in [5.74, 6) is 4.14. The lowest BCUT2D eigenvalue weighted by Gasteiger charge is -2.20. The summed E-state index contributed by atoms with van der Waals surface area (Å²) in [6, 6.07) is 0.329. The molecular weight excluding hydrogens is 226 g/mol. The van der Waals surface area contributed by atoms with E-state index in [1.807, 2.05) is 0 Å². The maximum absolute atomic E-state index is 5.55. The molecule has 1 aromatic rings. The molecule has 2 heterocycles. The molecule has 4 unspecified atom stereocenters. The summed E-state index contributed by atoms with van der Waals surface area (Å²) in [7, 11) is 0. The zero-order valence-corrected chi connectivity index (χ0v) is 10.8. The van der Waals surface area contributed by atoms with Crippen molar-refractivity contribution in [2.24, 2.45) is 11.8 Å². The van der Waals surface area contributed by atoms with Gasteiger partial charge in [0, 0.05) is 5.92 Å². The quantitative estimate of drug-likeness (QED) is 0.873. The summed E-state index contributed by atoms with van der Waals surface area (Å²) in [5, 5.41) is 7.71. The van der Waals surface area contributed by atoms with E-state index in [-0.39, 0.29) is 0 Å².